The molecule has 0 bridgehead atoms. The van der Waals surface area contributed by atoms with Gasteiger partial charge in [-0.05, 0) is 31.0 Å². The molecule has 3 rings (SSSR count). The van der Waals surface area contributed by atoms with Crippen LogP contribution in [0.4, 0.5) is 0 Å². The molecule has 0 radical (unpaired) electrons. The van der Waals surface area contributed by atoms with Crippen molar-refractivity contribution >= 4 is 27.7 Å². The zero-order chi connectivity index (χ0) is 24.0. The second-order valence-electron chi connectivity index (χ2n) is 7.15. The highest BCUT2D eigenvalue weighted by Crippen LogP contribution is 2.22. The molecule has 33 heavy (non-hydrogen) atoms. The summed E-state index contributed by atoms with van der Waals surface area (Å²) in [6, 6.07) is 15.3. The highest BCUT2D eigenvalue weighted by molar-refractivity contribution is 7.99. The van der Waals surface area contributed by atoms with Gasteiger partial charge < -0.3 is 10.3 Å². The van der Waals surface area contributed by atoms with Gasteiger partial charge in [-0.1, -0.05) is 53.7 Å². The summed E-state index contributed by atoms with van der Waals surface area (Å²) in [5.41, 5.74) is 2.15. The van der Waals surface area contributed by atoms with Crippen LogP contribution in [0.5, 0.6) is 0 Å². The number of aromatic amines is 1. The van der Waals surface area contributed by atoms with Gasteiger partial charge in [0.25, 0.3) is 5.56 Å². The topological polar surface area (TPSA) is 159 Å². The van der Waals surface area contributed by atoms with E-state index in [2.05, 4.69) is 15.3 Å². The van der Waals surface area contributed by atoms with E-state index in [0.29, 0.717) is 18.5 Å². The summed E-state index contributed by atoms with van der Waals surface area (Å²) < 4.78 is 22.6. The van der Waals surface area contributed by atoms with Crippen LogP contribution in [-0.4, -0.2) is 36.6 Å². The van der Waals surface area contributed by atoms with E-state index in [4.69, 9.17) is 5.14 Å². The maximum Gasteiger partial charge on any atom is 0.270 e. The van der Waals surface area contributed by atoms with E-state index < -0.39 is 15.6 Å². The van der Waals surface area contributed by atoms with Crippen LogP contribution >= 0.6 is 11.8 Å². The minimum atomic E-state index is -3.74. The average Bonchev–Trinajstić information content (AvgIpc) is 2.77. The van der Waals surface area contributed by atoms with E-state index in [1.54, 1.807) is 24.3 Å². The Hall–Kier alpha value is -3.46. The van der Waals surface area contributed by atoms with E-state index in [1.165, 1.54) is 12.1 Å². The molecule has 3 aromatic rings. The Morgan fingerprint density at radius 1 is 1.18 bits per heavy atom. The first kappa shape index (κ1) is 24.2. The number of sulfonamides is 1. The molecule has 0 atom stereocenters. The second-order valence-corrected chi connectivity index (χ2v) is 9.68. The molecule has 4 N–H and O–H groups in total. The third-order valence-corrected chi connectivity index (χ3v) is 6.46. The number of hydrogen-bond acceptors (Lipinski definition) is 7. The molecule has 0 aliphatic heterocycles. The van der Waals surface area contributed by atoms with Gasteiger partial charge >= 0.3 is 0 Å². The molecule has 0 spiro atoms. The molecular formula is C22H21N5O4S2. The lowest BCUT2D eigenvalue weighted by Gasteiger charge is -2.08. The summed E-state index contributed by atoms with van der Waals surface area (Å²) in [6.07, 6.45) is 0.505. The van der Waals surface area contributed by atoms with Gasteiger partial charge in [0, 0.05) is 12.1 Å². The molecule has 1 heterocycles. The predicted octanol–water partition coefficient (Wildman–Crippen LogP) is 1.72. The van der Waals surface area contributed by atoms with Crippen LogP contribution in [0.1, 0.15) is 16.7 Å². The number of nitriles is 1. The minimum Gasteiger partial charge on any atom is -0.355 e. The van der Waals surface area contributed by atoms with Crippen molar-refractivity contribution in [3.8, 4) is 17.3 Å². The lowest BCUT2D eigenvalue weighted by molar-refractivity contribution is -0.118. The summed E-state index contributed by atoms with van der Waals surface area (Å²) in [6.45, 7) is 2.28. The van der Waals surface area contributed by atoms with Crippen molar-refractivity contribution in [3.63, 3.8) is 0 Å². The number of H-pyrrole nitrogens is 1. The Morgan fingerprint density at radius 3 is 2.45 bits per heavy atom. The number of rotatable bonds is 8. The number of primary sulfonamides is 1. The van der Waals surface area contributed by atoms with Crippen LogP contribution < -0.4 is 16.0 Å². The van der Waals surface area contributed by atoms with Gasteiger partial charge in [-0.2, -0.15) is 5.26 Å². The molecular weight excluding hydrogens is 462 g/mol. The van der Waals surface area contributed by atoms with E-state index in [9.17, 15) is 23.3 Å². The number of hydrogen-bond donors (Lipinski definition) is 3. The summed E-state index contributed by atoms with van der Waals surface area (Å²) >= 11 is 1.06. The molecule has 0 aliphatic rings. The van der Waals surface area contributed by atoms with Crippen molar-refractivity contribution in [2.24, 2.45) is 5.14 Å². The summed E-state index contributed by atoms with van der Waals surface area (Å²) in [4.78, 5) is 31.5. The Bertz CT molecular complexity index is 1360. The number of nitrogens with two attached hydrogens (primary N) is 1. The molecule has 9 nitrogen and oxygen atoms in total. The molecule has 170 valence electrons. The number of nitrogens with zero attached hydrogens (tertiary/aromatic N) is 2. The van der Waals surface area contributed by atoms with Crippen LogP contribution in [0, 0.1) is 18.3 Å². The van der Waals surface area contributed by atoms with Gasteiger partial charge in [0.1, 0.15) is 11.6 Å². The largest absolute Gasteiger partial charge is 0.355 e. The first-order valence-electron chi connectivity index (χ1n) is 9.80. The van der Waals surface area contributed by atoms with Crippen LogP contribution in [0.3, 0.4) is 0 Å². The summed E-state index contributed by atoms with van der Waals surface area (Å²) in [7, 11) is -3.74. The van der Waals surface area contributed by atoms with Gasteiger partial charge in [0.2, 0.25) is 15.9 Å². The first-order chi connectivity index (χ1) is 15.7. The quantitative estimate of drug-likeness (QED) is 0.325. The molecule has 0 saturated carbocycles. The fourth-order valence-electron chi connectivity index (χ4n) is 2.92. The SMILES string of the molecule is Cc1ccc(-c2nc(SCC(=O)NCCc3ccc(S(N)(=O)=O)cc3)[nH]c(=O)c2C#N)cc1. The average molecular weight is 484 g/mol. The van der Waals surface area contributed by atoms with E-state index in [0.717, 1.165) is 22.9 Å². The Balaban J connectivity index is 1.59. The minimum absolute atomic E-state index is 0.0204. The fraction of sp³-hybridized carbons (Fsp3) is 0.182. The lowest BCUT2D eigenvalue weighted by atomic mass is 10.1. The Labute approximate surface area is 195 Å². The highest BCUT2D eigenvalue weighted by atomic mass is 32.2. The third-order valence-electron chi connectivity index (χ3n) is 4.66. The molecule has 0 fully saturated rings. The number of aryl methyl sites for hydroxylation is 1. The van der Waals surface area contributed by atoms with Crippen molar-refractivity contribution in [2.45, 2.75) is 23.4 Å². The van der Waals surface area contributed by atoms with Gasteiger partial charge in [-0.25, -0.2) is 18.5 Å². The fourth-order valence-corrected chi connectivity index (χ4v) is 4.13. The maximum atomic E-state index is 12.3. The van der Waals surface area contributed by atoms with Crippen LogP contribution in [-0.2, 0) is 21.2 Å². The van der Waals surface area contributed by atoms with E-state index in [1.807, 2.05) is 25.1 Å². The zero-order valence-electron chi connectivity index (χ0n) is 17.7. The van der Waals surface area contributed by atoms with Crippen LogP contribution in [0.15, 0.2) is 63.4 Å². The second kappa shape index (κ2) is 10.4. The van der Waals surface area contributed by atoms with E-state index >= 15 is 0 Å². The van der Waals surface area contributed by atoms with Gasteiger partial charge in [-0.3, -0.25) is 9.59 Å². The molecule has 1 amide bonds. The molecule has 0 aliphatic carbocycles. The van der Waals surface area contributed by atoms with Crippen molar-refractivity contribution in [2.75, 3.05) is 12.3 Å². The number of aromatic nitrogens is 2. The first-order valence-corrected chi connectivity index (χ1v) is 12.3. The molecule has 0 unspecified atom stereocenters. The predicted molar refractivity (Wildman–Crippen MR) is 125 cm³/mol. The normalized spacial score (nSPS) is 11.1. The standard InChI is InChI=1S/C22H21N5O4S2/c1-14-2-6-16(7-3-14)20-18(12-23)21(29)27-22(26-20)32-13-19(28)25-11-10-15-4-8-17(9-5-15)33(24,30)31/h2-9H,10-11,13H2,1H3,(H,25,28)(H2,24,30,31)(H,26,27,29). The highest BCUT2D eigenvalue weighted by Gasteiger charge is 2.14. The number of thioether (sulfide) groups is 1. The molecule has 2 aromatic carbocycles. The van der Waals surface area contributed by atoms with Gasteiger partial charge in [0.05, 0.1) is 16.3 Å². The molecule has 1 aromatic heterocycles. The van der Waals surface area contributed by atoms with Crippen molar-refractivity contribution in [1.82, 2.24) is 15.3 Å². The maximum absolute atomic E-state index is 12.3. The third kappa shape index (κ3) is 6.52. The van der Waals surface area contributed by atoms with Crippen molar-refractivity contribution in [1.29, 1.82) is 5.26 Å². The molecule has 0 saturated heterocycles. The smallest absolute Gasteiger partial charge is 0.270 e. The van der Waals surface area contributed by atoms with E-state index in [-0.39, 0.29) is 33.0 Å². The molecule has 11 heteroatoms. The van der Waals surface area contributed by atoms with Crippen molar-refractivity contribution in [3.05, 3.63) is 75.6 Å². The number of carbonyl (C=O) groups excluding carboxylic acids is 1. The van der Waals surface area contributed by atoms with Gasteiger partial charge in [-0.15, -0.1) is 0 Å². The van der Waals surface area contributed by atoms with Crippen molar-refractivity contribution < 1.29 is 13.2 Å². The van der Waals surface area contributed by atoms with Crippen LogP contribution in [0.25, 0.3) is 11.3 Å². The number of amides is 1. The number of benzene rings is 2. The lowest BCUT2D eigenvalue weighted by Crippen LogP contribution is -2.27. The summed E-state index contributed by atoms with van der Waals surface area (Å²) in [5, 5.41) is 17.4. The van der Waals surface area contributed by atoms with Gasteiger partial charge in [0.15, 0.2) is 5.16 Å². The zero-order valence-corrected chi connectivity index (χ0v) is 19.3. The monoisotopic (exact) mass is 483 g/mol. The number of carbonyl (C=O) groups is 1. The Morgan fingerprint density at radius 2 is 1.85 bits per heavy atom. The number of nitrogens with one attached hydrogen (secondary N) is 2. The van der Waals surface area contributed by atoms with Crippen LogP contribution in [0.2, 0.25) is 0 Å². The summed E-state index contributed by atoms with van der Waals surface area (Å²) in [5.74, 6) is -0.239. The Kier molecular flexibility index (Phi) is 7.65.